The van der Waals surface area contributed by atoms with E-state index in [2.05, 4.69) is 10.6 Å². The Morgan fingerprint density at radius 2 is 1.56 bits per heavy atom. The van der Waals surface area contributed by atoms with E-state index >= 15 is 0 Å². The summed E-state index contributed by atoms with van der Waals surface area (Å²) in [7, 11) is -1.92. The average Bonchev–Trinajstić information content (AvgIpc) is 2.67. The van der Waals surface area contributed by atoms with Gasteiger partial charge in [0.1, 0.15) is 29.7 Å². The third-order valence-corrected chi connectivity index (χ3v) is 5.12. The number of amides is 3. The number of carbonyl (C=O) groups excluding carboxylic acids is 3. The second kappa shape index (κ2) is 10.9. The number of carbonyl (C=O) groups is 3. The van der Waals surface area contributed by atoms with Crippen molar-refractivity contribution in [3.63, 3.8) is 0 Å². The molecular formula is C22H25F2N3O4S. The lowest BCUT2D eigenvalue weighted by Crippen LogP contribution is -2.48. The molecule has 0 aliphatic carbocycles. The van der Waals surface area contributed by atoms with E-state index in [4.69, 9.17) is 0 Å². The molecule has 2 N–H and O–H groups in total. The molecule has 0 fully saturated rings. The minimum atomic E-state index is -1.92. The van der Waals surface area contributed by atoms with Gasteiger partial charge in [0.05, 0.1) is 5.69 Å². The Hall–Kier alpha value is -3.14. The summed E-state index contributed by atoms with van der Waals surface area (Å²) in [5.74, 6) is -4.20. The quantitative estimate of drug-likeness (QED) is 0.627. The van der Waals surface area contributed by atoms with Gasteiger partial charge in [-0.05, 0) is 57.2 Å². The summed E-state index contributed by atoms with van der Waals surface area (Å²) in [6, 6.07) is 10.4. The topological polar surface area (TPSA) is 95.6 Å². The van der Waals surface area contributed by atoms with E-state index in [0.29, 0.717) is 5.69 Å². The van der Waals surface area contributed by atoms with Crippen LogP contribution in [0.25, 0.3) is 0 Å². The Balaban J connectivity index is 2.07. The molecule has 3 amide bonds. The van der Waals surface area contributed by atoms with Gasteiger partial charge < -0.3 is 10.6 Å². The van der Waals surface area contributed by atoms with Crippen LogP contribution in [0.3, 0.4) is 0 Å². The molecule has 0 bridgehead atoms. The maximum absolute atomic E-state index is 14.3. The molecule has 1 atom stereocenters. The van der Waals surface area contributed by atoms with Crippen LogP contribution in [0.5, 0.6) is 0 Å². The lowest BCUT2D eigenvalue weighted by molar-refractivity contribution is -0.124. The molecule has 0 radical (unpaired) electrons. The van der Waals surface area contributed by atoms with Crippen LogP contribution in [0.15, 0.2) is 48.5 Å². The number of halogens is 2. The summed E-state index contributed by atoms with van der Waals surface area (Å²) >= 11 is 0. The Morgan fingerprint density at radius 1 is 0.938 bits per heavy atom. The first-order valence-electron chi connectivity index (χ1n) is 9.71. The Labute approximate surface area is 187 Å². The molecule has 172 valence electrons. The molecule has 32 heavy (non-hydrogen) atoms. The third-order valence-electron chi connectivity index (χ3n) is 3.96. The second-order valence-electron chi connectivity index (χ2n) is 8.01. The second-order valence-corrected chi connectivity index (χ2v) is 9.47. The lowest BCUT2D eigenvalue weighted by Gasteiger charge is -2.26. The van der Waals surface area contributed by atoms with E-state index in [9.17, 15) is 27.4 Å². The van der Waals surface area contributed by atoms with Crippen LogP contribution in [-0.4, -0.2) is 45.5 Å². The highest BCUT2D eigenvalue weighted by Crippen LogP contribution is 2.19. The molecule has 0 saturated carbocycles. The maximum atomic E-state index is 14.3. The number of nitrogens with zero attached hydrogens (tertiary/aromatic N) is 1. The lowest BCUT2D eigenvalue weighted by atomic mass is 10.1. The zero-order valence-electron chi connectivity index (χ0n) is 18.0. The molecule has 7 nitrogen and oxygen atoms in total. The molecule has 0 saturated heterocycles. The van der Waals surface area contributed by atoms with Crippen LogP contribution in [0.2, 0.25) is 0 Å². The molecule has 10 heteroatoms. The van der Waals surface area contributed by atoms with Crippen molar-refractivity contribution in [2.24, 2.45) is 0 Å². The fourth-order valence-corrected chi connectivity index (χ4v) is 3.62. The van der Waals surface area contributed by atoms with Crippen LogP contribution in [0, 0.1) is 11.6 Å². The number of anilines is 2. The smallest absolute Gasteiger partial charge is 0.240 e. The van der Waals surface area contributed by atoms with Crippen molar-refractivity contribution in [1.82, 2.24) is 5.32 Å². The van der Waals surface area contributed by atoms with Crippen LogP contribution < -0.4 is 15.5 Å². The van der Waals surface area contributed by atoms with E-state index in [1.807, 2.05) is 0 Å². The van der Waals surface area contributed by atoms with Crippen molar-refractivity contribution in [2.75, 3.05) is 28.3 Å². The van der Waals surface area contributed by atoms with E-state index < -0.39 is 63.7 Å². The minimum absolute atomic E-state index is 0.130. The minimum Gasteiger partial charge on any atom is -0.350 e. The van der Waals surface area contributed by atoms with Crippen molar-refractivity contribution < 1.29 is 27.4 Å². The van der Waals surface area contributed by atoms with Gasteiger partial charge in [0.2, 0.25) is 17.7 Å². The predicted octanol–water partition coefficient (Wildman–Crippen LogP) is 2.60. The fraction of sp³-hybridized carbons (Fsp3) is 0.318. The van der Waals surface area contributed by atoms with Gasteiger partial charge in [0.25, 0.3) is 0 Å². The zero-order chi connectivity index (χ0) is 23.9. The highest BCUT2D eigenvalue weighted by molar-refractivity contribution is 7.86. The molecule has 2 rings (SSSR count). The summed E-state index contributed by atoms with van der Waals surface area (Å²) in [6.45, 7) is 4.80. The standard InChI is InChI=1S/C22H25F2N3O4S/c1-22(2,3)26-19(28)12-27(18-7-5-4-6-17(18)24)21(30)14-32(31)13-20(29)25-16-10-8-15(23)9-11-16/h4-11H,12-14H2,1-3H3,(H,25,29)(H,26,28)/t32-/m0/s1. The van der Waals surface area contributed by atoms with Crippen LogP contribution in [0.4, 0.5) is 20.2 Å². The molecule has 2 aromatic rings. The molecule has 2 aromatic carbocycles. The summed E-state index contributed by atoms with van der Waals surface area (Å²) in [5.41, 5.74) is -0.386. The highest BCUT2D eigenvalue weighted by Gasteiger charge is 2.25. The summed E-state index contributed by atoms with van der Waals surface area (Å²) < 4.78 is 39.7. The fourth-order valence-electron chi connectivity index (χ4n) is 2.72. The maximum Gasteiger partial charge on any atom is 0.240 e. The van der Waals surface area contributed by atoms with E-state index in [1.54, 1.807) is 20.8 Å². The largest absolute Gasteiger partial charge is 0.350 e. The van der Waals surface area contributed by atoms with Crippen molar-refractivity contribution in [1.29, 1.82) is 0 Å². The van der Waals surface area contributed by atoms with Gasteiger partial charge >= 0.3 is 0 Å². The van der Waals surface area contributed by atoms with Crippen molar-refractivity contribution >= 4 is 39.9 Å². The molecular weight excluding hydrogens is 440 g/mol. The summed E-state index contributed by atoms with van der Waals surface area (Å²) in [6.07, 6.45) is 0. The first-order chi connectivity index (χ1) is 14.9. The van der Waals surface area contributed by atoms with Gasteiger partial charge in [0.15, 0.2) is 0 Å². The Bertz CT molecular complexity index is 1010. The van der Waals surface area contributed by atoms with E-state index in [1.165, 1.54) is 30.3 Å². The van der Waals surface area contributed by atoms with Crippen molar-refractivity contribution in [3.8, 4) is 0 Å². The molecule has 0 heterocycles. The van der Waals surface area contributed by atoms with E-state index in [-0.39, 0.29) is 5.69 Å². The third kappa shape index (κ3) is 8.18. The zero-order valence-corrected chi connectivity index (χ0v) is 18.8. The monoisotopic (exact) mass is 465 g/mol. The van der Waals surface area contributed by atoms with Gasteiger partial charge in [-0.3, -0.25) is 23.5 Å². The van der Waals surface area contributed by atoms with Crippen LogP contribution in [-0.2, 0) is 25.2 Å². The van der Waals surface area contributed by atoms with Gasteiger partial charge in [-0.2, -0.15) is 0 Å². The summed E-state index contributed by atoms with van der Waals surface area (Å²) in [5, 5.41) is 5.14. The summed E-state index contributed by atoms with van der Waals surface area (Å²) in [4.78, 5) is 38.1. The Morgan fingerprint density at radius 3 is 2.16 bits per heavy atom. The number of para-hydroxylation sites is 1. The average molecular weight is 466 g/mol. The SMILES string of the molecule is CC(C)(C)NC(=O)CN(C(=O)C[S@@](=O)CC(=O)Nc1ccc(F)cc1)c1ccccc1F. The molecule has 0 aliphatic rings. The van der Waals surface area contributed by atoms with E-state index in [0.717, 1.165) is 23.1 Å². The van der Waals surface area contributed by atoms with Gasteiger partial charge in [-0.25, -0.2) is 8.78 Å². The van der Waals surface area contributed by atoms with Gasteiger partial charge in [-0.1, -0.05) is 12.1 Å². The molecule has 0 aromatic heterocycles. The number of hydrogen-bond acceptors (Lipinski definition) is 4. The van der Waals surface area contributed by atoms with Crippen LogP contribution in [0.1, 0.15) is 20.8 Å². The number of hydrogen-bond donors (Lipinski definition) is 2. The van der Waals surface area contributed by atoms with Gasteiger partial charge in [-0.15, -0.1) is 0 Å². The Kier molecular flexibility index (Phi) is 8.59. The number of benzene rings is 2. The first kappa shape index (κ1) is 25.1. The predicted molar refractivity (Wildman–Crippen MR) is 120 cm³/mol. The van der Waals surface area contributed by atoms with Crippen LogP contribution >= 0.6 is 0 Å². The molecule has 0 spiro atoms. The number of nitrogens with one attached hydrogen (secondary N) is 2. The number of rotatable bonds is 8. The normalized spacial score (nSPS) is 12.0. The highest BCUT2D eigenvalue weighted by atomic mass is 32.2. The first-order valence-corrected chi connectivity index (χ1v) is 11.2. The van der Waals surface area contributed by atoms with Gasteiger partial charge in [0, 0.05) is 22.0 Å². The van der Waals surface area contributed by atoms with Crippen molar-refractivity contribution in [2.45, 2.75) is 26.3 Å². The van der Waals surface area contributed by atoms with Crippen molar-refractivity contribution in [3.05, 3.63) is 60.2 Å². The molecule has 0 unspecified atom stereocenters. The molecule has 0 aliphatic heterocycles.